The smallest absolute Gasteiger partial charge is 0.306 e. The van der Waals surface area contributed by atoms with Crippen LogP contribution in [0.25, 0.3) is 0 Å². The number of rotatable bonds is 4. The molecule has 1 unspecified atom stereocenters. The van der Waals surface area contributed by atoms with Gasteiger partial charge < -0.3 is 14.7 Å². The number of carboxylic acids is 1. The van der Waals surface area contributed by atoms with Gasteiger partial charge in [-0.25, -0.2) is 0 Å². The molecule has 1 saturated heterocycles. The number of carbonyl (C=O) groups is 2. The van der Waals surface area contributed by atoms with Crippen molar-refractivity contribution in [2.45, 2.75) is 19.1 Å². The number of carbonyl (C=O) groups excluding carboxylic acids is 1. The van der Waals surface area contributed by atoms with E-state index in [4.69, 9.17) is 9.84 Å². The van der Waals surface area contributed by atoms with E-state index in [1.165, 1.54) is 0 Å². The van der Waals surface area contributed by atoms with Crippen molar-refractivity contribution in [3.8, 4) is 0 Å². The van der Waals surface area contributed by atoms with Crippen LogP contribution < -0.4 is 0 Å². The Labute approximate surface area is 104 Å². The SMILES string of the molecule is O=C(O)CC1OCCN(Cc2cccnc2)C1=O. The fourth-order valence-electron chi connectivity index (χ4n) is 1.86. The number of aromatic nitrogens is 1. The molecule has 0 saturated carbocycles. The second-order valence-electron chi connectivity index (χ2n) is 4.08. The number of hydrogen-bond acceptors (Lipinski definition) is 4. The molecule has 1 aromatic rings. The molecule has 1 aromatic heterocycles. The summed E-state index contributed by atoms with van der Waals surface area (Å²) in [5.74, 6) is -1.30. The van der Waals surface area contributed by atoms with Gasteiger partial charge in [0.25, 0.3) is 5.91 Å². The van der Waals surface area contributed by atoms with Gasteiger partial charge in [0.2, 0.25) is 0 Å². The number of ether oxygens (including phenoxy) is 1. The third-order valence-corrected chi connectivity index (χ3v) is 2.72. The van der Waals surface area contributed by atoms with Crippen LogP contribution in [0.3, 0.4) is 0 Å². The molecule has 0 bridgehead atoms. The highest BCUT2D eigenvalue weighted by Crippen LogP contribution is 2.13. The van der Waals surface area contributed by atoms with Crippen LogP contribution in [0.4, 0.5) is 0 Å². The fraction of sp³-hybridized carbons (Fsp3) is 0.417. The van der Waals surface area contributed by atoms with Crippen LogP contribution in [0.5, 0.6) is 0 Å². The van der Waals surface area contributed by atoms with Gasteiger partial charge in [0.1, 0.15) is 6.10 Å². The van der Waals surface area contributed by atoms with E-state index in [0.29, 0.717) is 19.7 Å². The van der Waals surface area contributed by atoms with Gasteiger partial charge in [0.15, 0.2) is 0 Å². The molecular weight excluding hydrogens is 236 g/mol. The van der Waals surface area contributed by atoms with Gasteiger partial charge in [-0.2, -0.15) is 0 Å². The molecule has 1 fully saturated rings. The summed E-state index contributed by atoms with van der Waals surface area (Å²) in [5, 5.41) is 8.70. The van der Waals surface area contributed by atoms with Crippen LogP contribution in [-0.2, 0) is 20.9 Å². The first-order valence-electron chi connectivity index (χ1n) is 5.68. The first-order chi connectivity index (χ1) is 8.66. The lowest BCUT2D eigenvalue weighted by Gasteiger charge is -2.31. The molecule has 0 aliphatic carbocycles. The molecule has 6 heteroatoms. The highest BCUT2D eigenvalue weighted by molar-refractivity contribution is 5.85. The zero-order chi connectivity index (χ0) is 13.0. The van der Waals surface area contributed by atoms with Gasteiger partial charge in [-0.05, 0) is 11.6 Å². The summed E-state index contributed by atoms with van der Waals surface area (Å²) in [6.07, 6.45) is 2.20. The molecule has 0 spiro atoms. The largest absolute Gasteiger partial charge is 0.481 e. The molecule has 96 valence electrons. The number of amides is 1. The molecular formula is C12H14N2O4. The second-order valence-corrected chi connectivity index (χ2v) is 4.08. The quantitative estimate of drug-likeness (QED) is 0.830. The van der Waals surface area contributed by atoms with Crippen molar-refractivity contribution in [1.29, 1.82) is 0 Å². The minimum atomic E-state index is -1.03. The van der Waals surface area contributed by atoms with Crippen LogP contribution in [0.15, 0.2) is 24.5 Å². The molecule has 1 atom stereocenters. The molecule has 2 heterocycles. The molecule has 1 amide bonds. The Morgan fingerprint density at radius 1 is 1.61 bits per heavy atom. The number of nitrogens with zero attached hydrogens (tertiary/aromatic N) is 2. The van der Waals surface area contributed by atoms with Crippen molar-refractivity contribution in [1.82, 2.24) is 9.88 Å². The lowest BCUT2D eigenvalue weighted by Crippen LogP contribution is -2.47. The Morgan fingerprint density at radius 3 is 3.11 bits per heavy atom. The van der Waals surface area contributed by atoms with Crippen LogP contribution in [0.1, 0.15) is 12.0 Å². The number of aliphatic carboxylic acids is 1. The minimum absolute atomic E-state index is 0.271. The summed E-state index contributed by atoms with van der Waals surface area (Å²) >= 11 is 0. The molecule has 1 aliphatic rings. The topological polar surface area (TPSA) is 79.7 Å². The zero-order valence-corrected chi connectivity index (χ0v) is 9.78. The van der Waals surface area contributed by atoms with E-state index >= 15 is 0 Å². The minimum Gasteiger partial charge on any atom is -0.481 e. The van der Waals surface area contributed by atoms with Crippen LogP contribution >= 0.6 is 0 Å². The maximum absolute atomic E-state index is 12.0. The number of carboxylic acid groups (broad SMARTS) is 1. The van der Waals surface area contributed by atoms with E-state index in [2.05, 4.69) is 4.98 Å². The Bertz CT molecular complexity index is 435. The van der Waals surface area contributed by atoms with Crippen molar-refractivity contribution in [3.63, 3.8) is 0 Å². The molecule has 6 nitrogen and oxygen atoms in total. The lowest BCUT2D eigenvalue weighted by atomic mass is 10.1. The van der Waals surface area contributed by atoms with Gasteiger partial charge in [-0.1, -0.05) is 6.07 Å². The lowest BCUT2D eigenvalue weighted by molar-refractivity contribution is -0.160. The van der Waals surface area contributed by atoms with Crippen molar-refractivity contribution < 1.29 is 19.4 Å². The Morgan fingerprint density at radius 2 is 2.44 bits per heavy atom. The molecule has 0 aromatic carbocycles. The summed E-state index contributed by atoms with van der Waals surface area (Å²) in [5.41, 5.74) is 0.918. The highest BCUT2D eigenvalue weighted by Gasteiger charge is 2.31. The van der Waals surface area contributed by atoms with E-state index in [9.17, 15) is 9.59 Å². The third kappa shape index (κ3) is 3.04. The summed E-state index contributed by atoms with van der Waals surface area (Å²) < 4.78 is 5.18. The van der Waals surface area contributed by atoms with Crippen molar-refractivity contribution in [2.24, 2.45) is 0 Å². The zero-order valence-electron chi connectivity index (χ0n) is 9.78. The van der Waals surface area contributed by atoms with Gasteiger partial charge in [0, 0.05) is 25.5 Å². The second kappa shape index (κ2) is 5.59. The summed E-state index contributed by atoms with van der Waals surface area (Å²) in [7, 11) is 0. The predicted molar refractivity (Wildman–Crippen MR) is 61.6 cm³/mol. The van der Waals surface area contributed by atoms with E-state index in [0.717, 1.165) is 5.56 Å². The molecule has 2 rings (SSSR count). The Kier molecular flexibility index (Phi) is 3.88. The van der Waals surface area contributed by atoms with E-state index < -0.39 is 12.1 Å². The van der Waals surface area contributed by atoms with Crippen molar-refractivity contribution in [3.05, 3.63) is 30.1 Å². The normalized spacial score (nSPS) is 19.9. The van der Waals surface area contributed by atoms with Gasteiger partial charge in [-0.15, -0.1) is 0 Å². The first-order valence-corrected chi connectivity index (χ1v) is 5.68. The van der Waals surface area contributed by atoms with Gasteiger partial charge in [0.05, 0.1) is 13.0 Å². The summed E-state index contributed by atoms with van der Waals surface area (Å²) in [6.45, 7) is 1.28. The third-order valence-electron chi connectivity index (χ3n) is 2.72. The average Bonchev–Trinajstić information content (AvgIpc) is 2.35. The van der Waals surface area contributed by atoms with Crippen LogP contribution in [0, 0.1) is 0 Å². The van der Waals surface area contributed by atoms with Crippen molar-refractivity contribution >= 4 is 11.9 Å². The van der Waals surface area contributed by atoms with Crippen molar-refractivity contribution in [2.75, 3.05) is 13.2 Å². The van der Waals surface area contributed by atoms with E-state index in [-0.39, 0.29) is 12.3 Å². The average molecular weight is 250 g/mol. The van der Waals surface area contributed by atoms with Crippen LogP contribution in [0.2, 0.25) is 0 Å². The molecule has 1 N–H and O–H groups in total. The molecule has 1 aliphatic heterocycles. The highest BCUT2D eigenvalue weighted by atomic mass is 16.5. The summed E-state index contributed by atoms with van der Waals surface area (Å²) in [4.78, 5) is 28.2. The molecule has 18 heavy (non-hydrogen) atoms. The van der Waals surface area contributed by atoms with Gasteiger partial charge in [-0.3, -0.25) is 14.6 Å². The number of morpholine rings is 1. The summed E-state index contributed by atoms with van der Waals surface area (Å²) in [6, 6.07) is 3.68. The van der Waals surface area contributed by atoms with E-state index in [1.54, 1.807) is 23.4 Å². The fourth-order valence-corrected chi connectivity index (χ4v) is 1.86. The van der Waals surface area contributed by atoms with Gasteiger partial charge >= 0.3 is 5.97 Å². The molecule has 0 radical (unpaired) electrons. The monoisotopic (exact) mass is 250 g/mol. The number of hydrogen-bond donors (Lipinski definition) is 1. The maximum atomic E-state index is 12.0. The predicted octanol–water partition coefficient (Wildman–Crippen LogP) is 0.284. The Hall–Kier alpha value is -1.95. The van der Waals surface area contributed by atoms with Crippen LogP contribution in [-0.4, -0.2) is 46.1 Å². The Balaban J connectivity index is 2.00. The van der Waals surface area contributed by atoms with E-state index in [1.807, 2.05) is 6.07 Å². The standard InChI is InChI=1S/C12H14N2O4/c15-11(16)6-10-12(17)14(4-5-18-10)8-9-2-1-3-13-7-9/h1-3,7,10H,4-6,8H2,(H,15,16). The number of pyridine rings is 1. The first kappa shape index (κ1) is 12.5. The maximum Gasteiger partial charge on any atom is 0.306 e.